The molecule has 0 saturated heterocycles. The molecule has 1 aliphatic carbocycles. The van der Waals surface area contributed by atoms with E-state index in [9.17, 15) is 0 Å². The van der Waals surface area contributed by atoms with Crippen LogP contribution in [-0.2, 0) is 0 Å². The SMILES string of the molecule is Cc1ccc2cc(C3CCCCC3)c(-c3ccccc3)nc2c1. The number of nitrogens with zero attached hydrogens (tertiary/aromatic N) is 1. The van der Waals surface area contributed by atoms with E-state index in [-0.39, 0.29) is 0 Å². The molecular formula is C22H23N. The summed E-state index contributed by atoms with van der Waals surface area (Å²) >= 11 is 0. The van der Waals surface area contributed by atoms with Gasteiger partial charge < -0.3 is 0 Å². The van der Waals surface area contributed by atoms with Gasteiger partial charge in [-0.25, -0.2) is 4.98 Å². The van der Waals surface area contributed by atoms with E-state index in [4.69, 9.17) is 4.98 Å². The van der Waals surface area contributed by atoms with Gasteiger partial charge in [0.2, 0.25) is 0 Å². The van der Waals surface area contributed by atoms with Crippen molar-refractivity contribution in [3.8, 4) is 11.3 Å². The Morgan fingerprint density at radius 2 is 1.65 bits per heavy atom. The van der Waals surface area contributed by atoms with E-state index >= 15 is 0 Å². The number of hydrogen-bond donors (Lipinski definition) is 0. The lowest BCUT2D eigenvalue weighted by atomic mass is 9.82. The number of pyridine rings is 1. The van der Waals surface area contributed by atoms with Gasteiger partial charge in [-0.3, -0.25) is 0 Å². The second kappa shape index (κ2) is 6.16. The maximum atomic E-state index is 5.08. The monoisotopic (exact) mass is 301 g/mol. The third-order valence-electron chi connectivity index (χ3n) is 5.09. The molecule has 1 heterocycles. The Bertz CT molecular complexity index is 814. The molecule has 0 amide bonds. The summed E-state index contributed by atoms with van der Waals surface area (Å²) < 4.78 is 0. The van der Waals surface area contributed by atoms with Crippen molar-refractivity contribution in [1.29, 1.82) is 0 Å². The first kappa shape index (κ1) is 14.4. The Morgan fingerprint density at radius 3 is 2.43 bits per heavy atom. The van der Waals surface area contributed by atoms with Gasteiger partial charge >= 0.3 is 0 Å². The fraction of sp³-hybridized carbons (Fsp3) is 0.318. The summed E-state index contributed by atoms with van der Waals surface area (Å²) in [7, 11) is 0. The number of hydrogen-bond acceptors (Lipinski definition) is 1. The number of aromatic nitrogens is 1. The first-order chi connectivity index (χ1) is 11.3. The highest BCUT2D eigenvalue weighted by atomic mass is 14.7. The Hall–Kier alpha value is -2.15. The van der Waals surface area contributed by atoms with Crippen LogP contribution in [0.2, 0.25) is 0 Å². The highest BCUT2D eigenvalue weighted by Gasteiger charge is 2.20. The highest BCUT2D eigenvalue weighted by Crippen LogP contribution is 2.38. The van der Waals surface area contributed by atoms with Crippen LogP contribution in [0.15, 0.2) is 54.6 Å². The van der Waals surface area contributed by atoms with Crippen LogP contribution in [0.1, 0.15) is 49.1 Å². The summed E-state index contributed by atoms with van der Waals surface area (Å²) in [5.41, 5.74) is 6.28. The fourth-order valence-electron chi connectivity index (χ4n) is 3.85. The molecule has 0 unspecified atom stereocenters. The number of rotatable bonds is 2. The van der Waals surface area contributed by atoms with Gasteiger partial charge in [-0.1, -0.05) is 61.7 Å². The Kier molecular flexibility index (Phi) is 3.87. The van der Waals surface area contributed by atoms with Crippen molar-refractivity contribution in [2.75, 3.05) is 0 Å². The minimum Gasteiger partial charge on any atom is -0.247 e. The zero-order valence-electron chi connectivity index (χ0n) is 13.8. The van der Waals surface area contributed by atoms with Gasteiger partial charge in [0.25, 0.3) is 0 Å². The molecule has 116 valence electrons. The van der Waals surface area contributed by atoms with E-state index < -0.39 is 0 Å². The van der Waals surface area contributed by atoms with Gasteiger partial charge in [0, 0.05) is 10.9 Å². The number of benzene rings is 2. The summed E-state index contributed by atoms with van der Waals surface area (Å²) in [6.45, 7) is 2.14. The van der Waals surface area contributed by atoms with Crippen LogP contribution in [0.25, 0.3) is 22.2 Å². The molecule has 0 bridgehead atoms. The summed E-state index contributed by atoms with van der Waals surface area (Å²) in [6.07, 6.45) is 6.70. The van der Waals surface area contributed by atoms with Crippen molar-refractivity contribution >= 4 is 10.9 Å². The zero-order chi connectivity index (χ0) is 15.6. The molecule has 4 rings (SSSR count). The Morgan fingerprint density at radius 1 is 0.870 bits per heavy atom. The first-order valence-electron chi connectivity index (χ1n) is 8.78. The highest BCUT2D eigenvalue weighted by molar-refractivity contribution is 5.84. The summed E-state index contributed by atoms with van der Waals surface area (Å²) in [4.78, 5) is 5.08. The van der Waals surface area contributed by atoms with E-state index in [1.165, 1.54) is 59.9 Å². The number of fused-ring (bicyclic) bond motifs is 1. The van der Waals surface area contributed by atoms with E-state index in [0.29, 0.717) is 5.92 Å². The van der Waals surface area contributed by atoms with Crippen molar-refractivity contribution in [2.45, 2.75) is 44.9 Å². The summed E-state index contributed by atoms with van der Waals surface area (Å²) in [5.74, 6) is 0.664. The molecule has 0 atom stereocenters. The minimum atomic E-state index is 0.664. The quantitative estimate of drug-likeness (QED) is 0.544. The molecule has 0 N–H and O–H groups in total. The molecule has 1 nitrogen and oxygen atoms in total. The zero-order valence-corrected chi connectivity index (χ0v) is 13.8. The van der Waals surface area contributed by atoms with Crippen molar-refractivity contribution < 1.29 is 0 Å². The predicted octanol–water partition coefficient (Wildman–Crippen LogP) is 6.26. The predicted molar refractivity (Wildman–Crippen MR) is 97.7 cm³/mol. The van der Waals surface area contributed by atoms with Gasteiger partial charge in [0.1, 0.15) is 0 Å². The maximum Gasteiger partial charge on any atom is 0.0744 e. The molecular weight excluding hydrogens is 278 g/mol. The first-order valence-corrected chi connectivity index (χ1v) is 8.78. The smallest absolute Gasteiger partial charge is 0.0744 e. The minimum absolute atomic E-state index is 0.664. The second-order valence-electron chi connectivity index (χ2n) is 6.82. The largest absolute Gasteiger partial charge is 0.247 e. The lowest BCUT2D eigenvalue weighted by molar-refractivity contribution is 0.444. The van der Waals surface area contributed by atoms with Crippen LogP contribution in [0.5, 0.6) is 0 Å². The average molecular weight is 301 g/mol. The van der Waals surface area contributed by atoms with Crippen LogP contribution < -0.4 is 0 Å². The Balaban J connectivity index is 1.92. The van der Waals surface area contributed by atoms with Gasteiger partial charge in [-0.05, 0) is 48.9 Å². The second-order valence-corrected chi connectivity index (χ2v) is 6.82. The molecule has 2 aromatic carbocycles. The standard InChI is InChI=1S/C22H23N/c1-16-12-13-19-15-20(17-8-4-2-5-9-17)22(23-21(19)14-16)18-10-6-3-7-11-18/h3,6-7,10-15,17H,2,4-5,8-9H2,1H3. The third-order valence-corrected chi connectivity index (χ3v) is 5.09. The van der Waals surface area contributed by atoms with Crippen LogP contribution in [0, 0.1) is 6.92 Å². The van der Waals surface area contributed by atoms with E-state index in [1.807, 2.05) is 0 Å². The normalized spacial score (nSPS) is 15.9. The van der Waals surface area contributed by atoms with Crippen LogP contribution in [0.3, 0.4) is 0 Å². The van der Waals surface area contributed by atoms with Crippen LogP contribution >= 0.6 is 0 Å². The van der Waals surface area contributed by atoms with Crippen molar-refractivity contribution in [3.63, 3.8) is 0 Å². The van der Waals surface area contributed by atoms with E-state index in [0.717, 1.165) is 5.52 Å². The lowest BCUT2D eigenvalue weighted by Gasteiger charge is -2.24. The molecule has 3 aromatic rings. The lowest BCUT2D eigenvalue weighted by Crippen LogP contribution is -2.07. The summed E-state index contributed by atoms with van der Waals surface area (Å²) in [5, 5.41) is 1.27. The number of aryl methyl sites for hydroxylation is 1. The molecule has 23 heavy (non-hydrogen) atoms. The topological polar surface area (TPSA) is 12.9 Å². The summed E-state index contributed by atoms with van der Waals surface area (Å²) in [6, 6.07) is 19.7. The van der Waals surface area contributed by atoms with Gasteiger partial charge in [0.05, 0.1) is 11.2 Å². The van der Waals surface area contributed by atoms with Crippen molar-refractivity contribution in [3.05, 3.63) is 65.7 Å². The van der Waals surface area contributed by atoms with Crippen LogP contribution in [0.4, 0.5) is 0 Å². The molecule has 1 aliphatic rings. The molecule has 1 heteroatoms. The van der Waals surface area contributed by atoms with E-state index in [1.54, 1.807) is 0 Å². The van der Waals surface area contributed by atoms with Gasteiger partial charge in [-0.15, -0.1) is 0 Å². The third kappa shape index (κ3) is 2.88. The van der Waals surface area contributed by atoms with Crippen LogP contribution in [-0.4, -0.2) is 4.98 Å². The van der Waals surface area contributed by atoms with Gasteiger partial charge in [0.15, 0.2) is 0 Å². The molecule has 0 aliphatic heterocycles. The molecule has 0 spiro atoms. The Labute approximate surface area is 138 Å². The molecule has 1 fully saturated rings. The molecule has 0 radical (unpaired) electrons. The molecule has 1 aromatic heterocycles. The van der Waals surface area contributed by atoms with Gasteiger partial charge in [-0.2, -0.15) is 0 Å². The molecule has 1 saturated carbocycles. The maximum absolute atomic E-state index is 5.08. The average Bonchev–Trinajstić information content (AvgIpc) is 2.62. The van der Waals surface area contributed by atoms with Crippen molar-refractivity contribution in [2.24, 2.45) is 0 Å². The van der Waals surface area contributed by atoms with Crippen molar-refractivity contribution in [1.82, 2.24) is 4.98 Å². The fourth-order valence-corrected chi connectivity index (χ4v) is 3.85. The van der Waals surface area contributed by atoms with E-state index in [2.05, 4.69) is 61.5 Å².